The summed E-state index contributed by atoms with van der Waals surface area (Å²) in [5, 5.41) is 6.26. The van der Waals surface area contributed by atoms with E-state index in [0.717, 1.165) is 11.1 Å². The van der Waals surface area contributed by atoms with Crippen LogP contribution in [0, 0.1) is 20.8 Å². The summed E-state index contributed by atoms with van der Waals surface area (Å²) in [4.78, 5) is 24.5. The van der Waals surface area contributed by atoms with Crippen molar-refractivity contribution in [2.45, 2.75) is 40.2 Å². The highest BCUT2D eigenvalue weighted by Gasteiger charge is 2.23. The smallest absolute Gasteiger partial charge is 0.339 e. The number of anilines is 1. The maximum Gasteiger partial charge on any atom is 0.339 e. The molecule has 0 unspecified atom stereocenters. The van der Waals surface area contributed by atoms with Crippen LogP contribution in [0.1, 0.15) is 40.6 Å². The molecule has 0 radical (unpaired) electrons. The van der Waals surface area contributed by atoms with Crippen molar-refractivity contribution < 1.29 is 18.8 Å². The summed E-state index contributed by atoms with van der Waals surface area (Å²) < 4.78 is 10.2. The quantitative estimate of drug-likeness (QED) is 0.857. The van der Waals surface area contributed by atoms with Crippen LogP contribution < -0.4 is 5.32 Å². The Balaban J connectivity index is 2.07. The van der Waals surface area contributed by atoms with Gasteiger partial charge in [0.25, 0.3) is 5.91 Å². The van der Waals surface area contributed by atoms with Crippen LogP contribution in [-0.2, 0) is 9.53 Å². The summed E-state index contributed by atoms with van der Waals surface area (Å²) in [7, 11) is 0. The normalized spacial score (nSPS) is 11.8. The lowest BCUT2D eigenvalue weighted by atomic mass is 10.0. The molecule has 0 aliphatic heterocycles. The number of nitrogens with one attached hydrogen (secondary N) is 1. The molecule has 2 aromatic rings. The lowest BCUT2D eigenvalue weighted by Gasteiger charge is -2.16. The van der Waals surface area contributed by atoms with Crippen molar-refractivity contribution in [3.05, 3.63) is 46.7 Å². The first-order chi connectivity index (χ1) is 10.9. The number of amides is 1. The lowest BCUT2D eigenvalue weighted by Crippen LogP contribution is -2.32. The number of nitrogens with zero attached hydrogens (tertiary/aromatic N) is 1. The summed E-state index contributed by atoms with van der Waals surface area (Å²) >= 11 is 0. The molecule has 0 saturated heterocycles. The van der Waals surface area contributed by atoms with E-state index in [0.29, 0.717) is 23.6 Å². The number of carbonyl (C=O) groups is 2. The van der Waals surface area contributed by atoms with Gasteiger partial charge in [-0.15, -0.1) is 0 Å². The maximum absolute atomic E-state index is 12.3. The van der Waals surface area contributed by atoms with Gasteiger partial charge in [0, 0.05) is 6.07 Å². The molecule has 1 aromatic heterocycles. The number of ether oxygens (including phenoxy) is 1. The molecule has 1 amide bonds. The molecule has 1 heterocycles. The number of carbonyl (C=O) groups excluding carboxylic acids is 2. The zero-order chi connectivity index (χ0) is 17.0. The molecule has 1 atom stereocenters. The van der Waals surface area contributed by atoms with E-state index in [2.05, 4.69) is 10.5 Å². The van der Waals surface area contributed by atoms with Gasteiger partial charge in [-0.3, -0.25) is 4.79 Å². The van der Waals surface area contributed by atoms with Crippen molar-refractivity contribution in [3.63, 3.8) is 0 Å². The fourth-order valence-corrected chi connectivity index (χ4v) is 2.12. The Morgan fingerprint density at radius 3 is 2.65 bits per heavy atom. The molecule has 6 nitrogen and oxygen atoms in total. The van der Waals surface area contributed by atoms with Crippen molar-refractivity contribution in [2.75, 3.05) is 5.32 Å². The van der Waals surface area contributed by atoms with E-state index in [1.807, 2.05) is 19.9 Å². The average Bonchev–Trinajstić information content (AvgIpc) is 2.92. The van der Waals surface area contributed by atoms with Gasteiger partial charge in [-0.25, -0.2) is 4.79 Å². The fourth-order valence-electron chi connectivity index (χ4n) is 2.12. The van der Waals surface area contributed by atoms with Gasteiger partial charge in [-0.1, -0.05) is 24.2 Å². The predicted octanol–water partition coefficient (Wildman–Crippen LogP) is 3.17. The second-order valence-corrected chi connectivity index (χ2v) is 5.36. The molecule has 0 fully saturated rings. The average molecular weight is 316 g/mol. The third kappa shape index (κ3) is 3.97. The van der Waals surface area contributed by atoms with Crippen LogP contribution in [0.2, 0.25) is 0 Å². The van der Waals surface area contributed by atoms with Crippen LogP contribution >= 0.6 is 0 Å². The third-order valence-electron chi connectivity index (χ3n) is 3.62. The molecule has 0 saturated carbocycles. The number of esters is 1. The van der Waals surface area contributed by atoms with Crippen LogP contribution in [0.5, 0.6) is 0 Å². The van der Waals surface area contributed by atoms with E-state index < -0.39 is 18.0 Å². The van der Waals surface area contributed by atoms with Gasteiger partial charge in [0.15, 0.2) is 11.9 Å². The maximum atomic E-state index is 12.3. The highest BCUT2D eigenvalue weighted by molar-refractivity contribution is 5.97. The number of rotatable bonds is 5. The highest BCUT2D eigenvalue weighted by Crippen LogP contribution is 2.16. The van der Waals surface area contributed by atoms with Crippen molar-refractivity contribution in [3.8, 4) is 0 Å². The second kappa shape index (κ2) is 7.09. The third-order valence-corrected chi connectivity index (χ3v) is 3.62. The molecule has 23 heavy (non-hydrogen) atoms. The second-order valence-electron chi connectivity index (χ2n) is 5.36. The first kappa shape index (κ1) is 16.7. The van der Waals surface area contributed by atoms with Crippen LogP contribution in [-0.4, -0.2) is 23.1 Å². The van der Waals surface area contributed by atoms with Crippen LogP contribution in [0.25, 0.3) is 0 Å². The van der Waals surface area contributed by atoms with Crippen molar-refractivity contribution in [1.29, 1.82) is 0 Å². The molecule has 0 spiro atoms. The van der Waals surface area contributed by atoms with Gasteiger partial charge >= 0.3 is 5.97 Å². The minimum atomic E-state index is -0.889. The van der Waals surface area contributed by atoms with Crippen molar-refractivity contribution in [2.24, 2.45) is 0 Å². The Morgan fingerprint density at radius 2 is 2.04 bits per heavy atom. The van der Waals surface area contributed by atoms with Crippen LogP contribution in [0.15, 0.2) is 28.8 Å². The molecule has 1 aromatic carbocycles. The Morgan fingerprint density at radius 1 is 1.30 bits per heavy atom. The van der Waals surface area contributed by atoms with E-state index >= 15 is 0 Å². The summed E-state index contributed by atoms with van der Waals surface area (Å²) in [6.07, 6.45) is -0.529. The SMILES string of the molecule is CC[C@H](OC(=O)c1cccc(C)c1C)C(=O)Nc1cc(C)on1. The van der Waals surface area contributed by atoms with Gasteiger partial charge in [0.1, 0.15) is 5.76 Å². The van der Waals surface area contributed by atoms with Gasteiger partial charge in [0.05, 0.1) is 5.56 Å². The largest absolute Gasteiger partial charge is 0.449 e. The molecule has 0 aliphatic carbocycles. The van der Waals surface area contributed by atoms with E-state index in [9.17, 15) is 9.59 Å². The zero-order valence-corrected chi connectivity index (χ0v) is 13.7. The summed E-state index contributed by atoms with van der Waals surface area (Å²) in [6.45, 7) is 7.27. The minimum absolute atomic E-state index is 0.300. The topological polar surface area (TPSA) is 81.4 Å². The van der Waals surface area contributed by atoms with Crippen LogP contribution in [0.4, 0.5) is 5.82 Å². The molecule has 122 valence electrons. The number of hydrogen-bond donors (Lipinski definition) is 1. The van der Waals surface area contributed by atoms with E-state index in [4.69, 9.17) is 9.26 Å². The first-order valence-electron chi connectivity index (χ1n) is 7.43. The van der Waals surface area contributed by atoms with Crippen LogP contribution in [0.3, 0.4) is 0 Å². The monoisotopic (exact) mass is 316 g/mol. The van der Waals surface area contributed by atoms with E-state index in [1.165, 1.54) is 0 Å². The molecule has 1 N–H and O–H groups in total. The lowest BCUT2D eigenvalue weighted by molar-refractivity contribution is -0.124. The van der Waals surface area contributed by atoms with Gasteiger partial charge in [-0.2, -0.15) is 0 Å². The van der Waals surface area contributed by atoms with Gasteiger partial charge in [0.2, 0.25) is 0 Å². The van der Waals surface area contributed by atoms with E-state index in [-0.39, 0.29) is 0 Å². The predicted molar refractivity (Wildman–Crippen MR) is 85.3 cm³/mol. The molecule has 0 aliphatic rings. The van der Waals surface area contributed by atoms with Crippen molar-refractivity contribution >= 4 is 17.7 Å². The molecular formula is C17H20N2O4. The molecule has 2 rings (SSSR count). The Kier molecular flexibility index (Phi) is 5.16. The highest BCUT2D eigenvalue weighted by atomic mass is 16.5. The molecule has 0 bridgehead atoms. The summed E-state index contributed by atoms with van der Waals surface area (Å²) in [5.41, 5.74) is 2.31. The molecular weight excluding hydrogens is 296 g/mol. The Hall–Kier alpha value is -2.63. The first-order valence-corrected chi connectivity index (χ1v) is 7.43. The standard InChI is InChI=1S/C17H20N2O4/c1-5-14(16(20)18-15-9-11(3)23-19-15)22-17(21)13-8-6-7-10(2)12(13)4/h6-9,14H,5H2,1-4H3,(H,18,19,20)/t14-/m0/s1. The Bertz CT molecular complexity index is 721. The minimum Gasteiger partial charge on any atom is -0.449 e. The number of benzene rings is 1. The summed E-state index contributed by atoms with van der Waals surface area (Å²) in [5.74, 6) is -0.0570. The van der Waals surface area contributed by atoms with Crippen molar-refractivity contribution in [1.82, 2.24) is 5.16 Å². The number of hydrogen-bond acceptors (Lipinski definition) is 5. The summed E-state index contributed by atoms with van der Waals surface area (Å²) in [6, 6.07) is 6.99. The number of aryl methyl sites for hydroxylation is 2. The van der Waals surface area contributed by atoms with E-state index in [1.54, 1.807) is 32.0 Å². The fraction of sp³-hybridized carbons (Fsp3) is 0.353. The zero-order valence-electron chi connectivity index (χ0n) is 13.7. The number of aromatic nitrogens is 1. The van der Waals surface area contributed by atoms with Gasteiger partial charge < -0.3 is 14.6 Å². The molecule has 6 heteroatoms. The Labute approximate surface area is 134 Å². The van der Waals surface area contributed by atoms with Gasteiger partial charge in [-0.05, 0) is 44.4 Å².